The van der Waals surface area contributed by atoms with Gasteiger partial charge in [-0.15, -0.1) is 4.13 Å². The summed E-state index contributed by atoms with van der Waals surface area (Å²) in [5.41, 5.74) is -1.50. The number of anilines is 2. The highest BCUT2D eigenvalue weighted by atomic mass is 32.3. The number of allylic oxidation sites excluding steroid dienone is 4. The van der Waals surface area contributed by atoms with Crippen LogP contribution in [0.5, 0.6) is 0 Å². The summed E-state index contributed by atoms with van der Waals surface area (Å²) in [5.74, 6) is -10.1. The maximum Gasteiger partial charge on any atom is 0.512 e. The Morgan fingerprint density at radius 1 is 0.793 bits per heavy atom. The molecule has 4 rings (SSSR count). The van der Waals surface area contributed by atoms with Gasteiger partial charge in [-0.2, -0.15) is 21.6 Å². The van der Waals surface area contributed by atoms with Gasteiger partial charge in [-0.05, 0) is 85.7 Å². The van der Waals surface area contributed by atoms with Gasteiger partial charge in [0, 0.05) is 48.9 Å². The highest BCUT2D eigenvalue weighted by Crippen LogP contribution is 2.38. The molecule has 0 aromatic heterocycles. The van der Waals surface area contributed by atoms with Gasteiger partial charge in [0.15, 0.2) is 5.75 Å². The smallest absolute Gasteiger partial charge is 0.385 e. The summed E-state index contributed by atoms with van der Waals surface area (Å²) < 4.78 is 150. The van der Waals surface area contributed by atoms with Gasteiger partial charge in [-0.3, -0.25) is 0 Å². The van der Waals surface area contributed by atoms with Crippen molar-refractivity contribution in [2.24, 2.45) is 0 Å². The SMILES string of the molecule is CCCC/[N+](CC)=C1C=C/C(=C(\c2ccc(N(CC)CC)cc2)c2ccc(NCC)c3ccccc23)C=C/1OS(=O)(=O)CC(F)(F)CS(=O)(=O)NS(=O)(=O)C(F)(F)F. The van der Waals surface area contributed by atoms with E-state index in [1.807, 2.05) is 88.4 Å². The normalized spacial score (nSPS) is 15.9. The van der Waals surface area contributed by atoms with Crippen LogP contribution in [0.1, 0.15) is 58.6 Å². The zero-order chi connectivity index (χ0) is 43.1. The maximum absolute atomic E-state index is 15.1. The van der Waals surface area contributed by atoms with Gasteiger partial charge in [-0.1, -0.05) is 55.8 Å². The number of hydrogen-bond donors (Lipinski definition) is 2. The van der Waals surface area contributed by atoms with Crippen LogP contribution in [-0.4, -0.2) is 91.2 Å². The number of halogens is 5. The van der Waals surface area contributed by atoms with Crippen LogP contribution in [0.4, 0.5) is 33.3 Å². The van der Waals surface area contributed by atoms with E-state index in [-0.39, 0.29) is 15.6 Å². The lowest BCUT2D eigenvalue weighted by Crippen LogP contribution is -2.46. The number of hydrogen-bond acceptors (Lipinski definition) is 9. The fraction of sp³-hybridized carbons (Fsp3) is 0.410. The van der Waals surface area contributed by atoms with Gasteiger partial charge in [0.05, 0.1) is 0 Å². The first kappa shape index (κ1) is 46.4. The van der Waals surface area contributed by atoms with Crippen LogP contribution in [-0.2, 0) is 34.3 Å². The van der Waals surface area contributed by atoms with Crippen molar-refractivity contribution >= 4 is 63.6 Å². The second-order valence-corrected chi connectivity index (χ2v) is 18.6. The number of rotatable bonds is 19. The molecule has 3 aromatic rings. The van der Waals surface area contributed by atoms with Crippen molar-refractivity contribution in [2.45, 2.75) is 58.9 Å². The van der Waals surface area contributed by atoms with Gasteiger partial charge in [0.2, 0.25) is 21.5 Å². The summed E-state index contributed by atoms with van der Waals surface area (Å²) in [6, 6.07) is 19.3. The minimum Gasteiger partial charge on any atom is -0.385 e. The number of alkyl halides is 5. The predicted octanol–water partition coefficient (Wildman–Crippen LogP) is 7.40. The molecular weight excluding hydrogens is 828 g/mol. The van der Waals surface area contributed by atoms with E-state index in [0.29, 0.717) is 37.2 Å². The highest BCUT2D eigenvalue weighted by molar-refractivity contribution is 8.05. The molecule has 318 valence electrons. The standard InChI is InChI=1S/C39H47F5N4O7S3/c1-6-11-24-48(10-5)35-23-18-29(25-36(35)55-57(51,52)27-38(40,41)26-56(49,50)46-58(53,54)39(42,43)44)37(28-16-19-30(20-17-28)47(8-3)9-4)33-21-22-34(45-7-2)32-15-13-12-14-31(32)33/h12-23,25,46H,6-11,24,26-27H2,1-5H3/p+1. The molecular formula is C39H48F5N4O7S3+. The zero-order valence-electron chi connectivity index (χ0n) is 32.7. The molecule has 1 aliphatic rings. The topological polar surface area (TPSA) is 142 Å². The van der Waals surface area contributed by atoms with Gasteiger partial charge in [0.25, 0.3) is 5.92 Å². The molecule has 0 amide bonds. The number of nitrogens with zero attached hydrogens (tertiary/aromatic N) is 2. The Hall–Kier alpha value is -4.33. The van der Waals surface area contributed by atoms with Crippen molar-refractivity contribution in [2.75, 3.05) is 54.4 Å². The minimum absolute atomic E-state index is 0.193. The van der Waals surface area contributed by atoms with Crippen molar-refractivity contribution in [3.8, 4) is 0 Å². The lowest BCUT2D eigenvalue weighted by atomic mass is 9.87. The monoisotopic (exact) mass is 875 g/mol. The first-order chi connectivity index (χ1) is 27.1. The molecule has 58 heavy (non-hydrogen) atoms. The Morgan fingerprint density at radius 2 is 1.43 bits per heavy atom. The molecule has 19 heteroatoms. The van der Waals surface area contributed by atoms with Crippen LogP contribution in [0.15, 0.2) is 90.2 Å². The number of sulfonamides is 2. The van der Waals surface area contributed by atoms with Crippen molar-refractivity contribution in [3.63, 3.8) is 0 Å². The summed E-state index contributed by atoms with van der Waals surface area (Å²) in [5, 5.41) is 5.12. The molecule has 2 N–H and O–H groups in total. The first-order valence-electron chi connectivity index (χ1n) is 18.6. The molecule has 0 bridgehead atoms. The summed E-state index contributed by atoms with van der Waals surface area (Å²) >= 11 is 0. The molecule has 0 unspecified atom stereocenters. The predicted molar refractivity (Wildman–Crippen MR) is 219 cm³/mol. The highest BCUT2D eigenvalue weighted by Gasteiger charge is 2.50. The Morgan fingerprint density at radius 3 is 2.00 bits per heavy atom. The fourth-order valence-corrected chi connectivity index (χ4v) is 10.4. The van der Waals surface area contributed by atoms with Crippen LogP contribution < -0.4 is 14.3 Å². The van der Waals surface area contributed by atoms with Gasteiger partial charge >= 0.3 is 25.6 Å². The molecule has 3 aromatic carbocycles. The van der Waals surface area contributed by atoms with Crippen LogP contribution in [0.3, 0.4) is 0 Å². The van der Waals surface area contributed by atoms with Crippen molar-refractivity contribution in [3.05, 3.63) is 101 Å². The second kappa shape index (κ2) is 18.7. The number of nitrogens with one attached hydrogen (secondary N) is 2. The first-order valence-corrected chi connectivity index (χ1v) is 23.3. The van der Waals surface area contributed by atoms with Gasteiger partial charge in [0.1, 0.15) is 18.8 Å². The zero-order valence-corrected chi connectivity index (χ0v) is 35.2. The number of unbranched alkanes of at least 4 members (excludes halogenated alkanes) is 1. The third-order valence-corrected chi connectivity index (χ3v) is 13.7. The molecule has 0 heterocycles. The molecule has 0 saturated heterocycles. The largest absolute Gasteiger partial charge is 0.512 e. The van der Waals surface area contributed by atoms with Crippen LogP contribution in [0, 0.1) is 0 Å². The molecule has 1 aliphatic carbocycles. The molecule has 0 atom stereocenters. The van der Waals surface area contributed by atoms with Crippen LogP contribution >= 0.6 is 0 Å². The van der Waals surface area contributed by atoms with E-state index in [1.165, 1.54) is 6.08 Å². The van der Waals surface area contributed by atoms with Gasteiger partial charge in [-0.25, -0.2) is 30.2 Å². The fourth-order valence-electron chi connectivity index (χ4n) is 6.55. The van der Waals surface area contributed by atoms with Crippen molar-refractivity contribution in [1.82, 2.24) is 4.13 Å². The molecule has 11 nitrogen and oxygen atoms in total. The van der Waals surface area contributed by atoms with Crippen LogP contribution in [0.2, 0.25) is 0 Å². The second-order valence-electron chi connectivity index (χ2n) is 13.4. The summed E-state index contributed by atoms with van der Waals surface area (Å²) in [6.07, 6.45) is 6.20. The average Bonchev–Trinajstić information content (AvgIpc) is 3.12. The average molecular weight is 876 g/mol. The minimum atomic E-state index is -6.60. The summed E-state index contributed by atoms with van der Waals surface area (Å²) in [6.45, 7) is 12.8. The van der Waals surface area contributed by atoms with E-state index < -0.39 is 53.1 Å². The number of benzene rings is 3. The lowest BCUT2D eigenvalue weighted by Gasteiger charge is -2.23. The Labute approximate surface area is 337 Å². The quantitative estimate of drug-likeness (QED) is 0.0717. The van der Waals surface area contributed by atoms with E-state index in [9.17, 15) is 38.4 Å². The van der Waals surface area contributed by atoms with E-state index in [1.54, 1.807) is 23.7 Å². The summed E-state index contributed by atoms with van der Waals surface area (Å²) in [7, 11) is -17.9. The lowest BCUT2D eigenvalue weighted by molar-refractivity contribution is -0.524. The van der Waals surface area contributed by atoms with E-state index in [4.69, 9.17) is 4.18 Å². The number of fused-ring (bicyclic) bond motifs is 1. The molecule has 0 aliphatic heterocycles. The van der Waals surface area contributed by atoms with Crippen LogP contribution in [0.25, 0.3) is 16.3 Å². The molecule has 0 fully saturated rings. The Bertz CT molecular complexity index is 2430. The maximum atomic E-state index is 15.1. The third-order valence-electron chi connectivity index (χ3n) is 9.14. The van der Waals surface area contributed by atoms with Crippen molar-refractivity contribution in [1.29, 1.82) is 0 Å². The third kappa shape index (κ3) is 11.4. The van der Waals surface area contributed by atoms with E-state index >= 15 is 8.78 Å². The molecule has 0 spiro atoms. The van der Waals surface area contributed by atoms with Gasteiger partial charge < -0.3 is 14.4 Å². The van der Waals surface area contributed by atoms with E-state index in [2.05, 4.69) is 10.2 Å². The molecule has 0 saturated carbocycles. The summed E-state index contributed by atoms with van der Waals surface area (Å²) in [4.78, 5) is 2.16. The van der Waals surface area contributed by atoms with Crippen molar-refractivity contribution < 1.29 is 56.0 Å². The van der Waals surface area contributed by atoms with E-state index in [0.717, 1.165) is 52.8 Å². The molecule has 0 radical (unpaired) electrons. The Balaban J connectivity index is 1.93. The Kier molecular flexibility index (Phi) is 15.0.